The van der Waals surface area contributed by atoms with Gasteiger partial charge in [-0.2, -0.15) is 0 Å². The topological polar surface area (TPSA) is 66.9 Å². The molecule has 10 heteroatoms. The maximum Gasteiger partial charge on any atom is 0.573 e. The van der Waals surface area contributed by atoms with Crippen LogP contribution in [0.15, 0.2) is 24.3 Å². The Morgan fingerprint density at radius 1 is 1.00 bits per heavy atom. The third-order valence-electron chi connectivity index (χ3n) is 5.88. The van der Waals surface area contributed by atoms with Crippen LogP contribution >= 0.6 is 0 Å². The van der Waals surface area contributed by atoms with Crippen molar-refractivity contribution in [3.05, 3.63) is 24.3 Å². The molecule has 0 N–H and O–H groups in total. The van der Waals surface area contributed by atoms with Crippen LogP contribution < -0.4 is 9.64 Å². The van der Waals surface area contributed by atoms with E-state index in [9.17, 15) is 26.4 Å². The molecule has 28 heavy (non-hydrogen) atoms. The minimum Gasteiger partial charge on any atom is -0.406 e. The number of piperidine rings is 1. The van der Waals surface area contributed by atoms with Gasteiger partial charge in [-0.25, -0.2) is 12.7 Å². The number of ether oxygens (including phenoxy) is 1. The molecule has 0 atom stereocenters. The molecule has 4 rings (SSSR count). The fraction of sp³-hybridized carbons (Fsp3) is 0.611. The minimum absolute atomic E-state index is 0.0829. The molecule has 1 aromatic carbocycles. The Hall–Kier alpha value is -1.81. The van der Waals surface area contributed by atoms with Gasteiger partial charge >= 0.3 is 6.36 Å². The van der Waals surface area contributed by atoms with Crippen LogP contribution in [0.1, 0.15) is 32.1 Å². The average molecular weight is 418 g/mol. The molecule has 0 aromatic heterocycles. The third-order valence-corrected chi connectivity index (χ3v) is 8.28. The van der Waals surface area contributed by atoms with E-state index in [0.717, 1.165) is 0 Å². The van der Waals surface area contributed by atoms with Crippen LogP contribution in [0.4, 0.5) is 18.9 Å². The molecule has 3 aliphatic rings. The molecule has 2 heterocycles. The van der Waals surface area contributed by atoms with Crippen LogP contribution in [0.5, 0.6) is 5.75 Å². The summed E-state index contributed by atoms with van der Waals surface area (Å²) in [5, 5.41) is -0.255. The van der Waals surface area contributed by atoms with Gasteiger partial charge in [0.1, 0.15) is 5.75 Å². The Balaban J connectivity index is 1.42. The highest BCUT2D eigenvalue weighted by Crippen LogP contribution is 2.45. The van der Waals surface area contributed by atoms with Crippen LogP contribution in [0.25, 0.3) is 0 Å². The zero-order valence-corrected chi connectivity index (χ0v) is 15.9. The zero-order chi connectivity index (χ0) is 20.2. The number of anilines is 1. The normalized spacial score (nSPS) is 23.4. The molecule has 1 aromatic rings. The first-order chi connectivity index (χ1) is 13.1. The summed E-state index contributed by atoms with van der Waals surface area (Å²) < 4.78 is 67.0. The molecule has 1 spiro atoms. The summed E-state index contributed by atoms with van der Waals surface area (Å²) in [5.74, 6) is -0.420. The highest BCUT2D eigenvalue weighted by molar-refractivity contribution is 7.90. The van der Waals surface area contributed by atoms with Gasteiger partial charge in [0.15, 0.2) is 0 Å². The van der Waals surface area contributed by atoms with Gasteiger partial charge in [0.2, 0.25) is 15.9 Å². The molecule has 0 radical (unpaired) electrons. The molecule has 0 unspecified atom stereocenters. The smallest absolute Gasteiger partial charge is 0.406 e. The lowest BCUT2D eigenvalue weighted by molar-refractivity contribution is -0.274. The zero-order valence-electron chi connectivity index (χ0n) is 15.1. The quantitative estimate of drug-likeness (QED) is 0.754. The standard InChI is InChI=1S/C18H21F3N2O4S/c19-18(20,21)27-14-3-1-13(2-4-14)23-12-9-17(16(23)24)7-10-22(11-8-17)28(25,26)15-5-6-15/h1-4,15H,5-12H2. The number of nitrogens with zero attached hydrogens (tertiary/aromatic N) is 2. The maximum atomic E-state index is 13.0. The number of amides is 1. The summed E-state index contributed by atoms with van der Waals surface area (Å²) in [6.07, 6.45) is -1.77. The van der Waals surface area contributed by atoms with Gasteiger partial charge in [-0.05, 0) is 56.4 Å². The third kappa shape index (κ3) is 3.59. The Morgan fingerprint density at radius 3 is 2.11 bits per heavy atom. The Labute approximate surface area is 161 Å². The number of hydrogen-bond donors (Lipinski definition) is 0. The van der Waals surface area contributed by atoms with Crippen molar-refractivity contribution in [1.82, 2.24) is 4.31 Å². The average Bonchev–Trinajstić information content (AvgIpc) is 3.44. The molecular weight excluding hydrogens is 397 g/mol. The first-order valence-corrected chi connectivity index (χ1v) is 10.8. The fourth-order valence-corrected chi connectivity index (χ4v) is 5.95. The highest BCUT2D eigenvalue weighted by atomic mass is 32.2. The van der Waals surface area contributed by atoms with Gasteiger partial charge in [-0.15, -0.1) is 13.2 Å². The molecule has 0 bridgehead atoms. The van der Waals surface area contributed by atoms with E-state index >= 15 is 0 Å². The first-order valence-electron chi connectivity index (χ1n) is 9.28. The van der Waals surface area contributed by atoms with Crippen LogP contribution in [0.2, 0.25) is 0 Å². The van der Waals surface area contributed by atoms with Crippen LogP contribution in [0, 0.1) is 5.41 Å². The van der Waals surface area contributed by atoms with E-state index in [2.05, 4.69) is 4.74 Å². The number of sulfonamides is 1. The number of alkyl halides is 3. The first kappa shape index (κ1) is 19.5. The number of rotatable bonds is 4. The van der Waals surface area contributed by atoms with E-state index < -0.39 is 21.8 Å². The van der Waals surface area contributed by atoms with E-state index in [0.29, 0.717) is 57.4 Å². The molecule has 1 aliphatic carbocycles. The van der Waals surface area contributed by atoms with Crippen molar-refractivity contribution >= 4 is 21.6 Å². The van der Waals surface area contributed by atoms with Gasteiger partial charge in [0.25, 0.3) is 0 Å². The Morgan fingerprint density at radius 2 is 1.57 bits per heavy atom. The molecule has 2 saturated heterocycles. The second-order valence-electron chi connectivity index (χ2n) is 7.67. The summed E-state index contributed by atoms with van der Waals surface area (Å²) >= 11 is 0. The van der Waals surface area contributed by atoms with Gasteiger partial charge in [-0.3, -0.25) is 4.79 Å². The largest absolute Gasteiger partial charge is 0.573 e. The van der Waals surface area contributed by atoms with E-state index in [1.165, 1.54) is 28.6 Å². The van der Waals surface area contributed by atoms with Crippen molar-refractivity contribution < 1.29 is 31.1 Å². The number of carbonyl (C=O) groups is 1. The van der Waals surface area contributed by atoms with E-state index in [-0.39, 0.29) is 16.9 Å². The number of hydrogen-bond acceptors (Lipinski definition) is 4. The second kappa shape index (κ2) is 6.62. The van der Waals surface area contributed by atoms with Crippen LogP contribution in [-0.2, 0) is 14.8 Å². The van der Waals surface area contributed by atoms with Crippen molar-refractivity contribution in [2.24, 2.45) is 5.41 Å². The van der Waals surface area contributed by atoms with Gasteiger partial charge < -0.3 is 9.64 Å². The highest BCUT2D eigenvalue weighted by Gasteiger charge is 2.51. The lowest BCUT2D eigenvalue weighted by Crippen LogP contribution is -2.47. The molecule has 1 saturated carbocycles. The van der Waals surface area contributed by atoms with Crippen LogP contribution in [-0.4, -0.2) is 49.9 Å². The monoisotopic (exact) mass is 418 g/mol. The summed E-state index contributed by atoms with van der Waals surface area (Å²) in [6, 6.07) is 5.24. The molecule has 154 valence electrons. The predicted octanol–water partition coefficient (Wildman–Crippen LogP) is 2.90. The molecule has 2 aliphatic heterocycles. The summed E-state index contributed by atoms with van der Waals surface area (Å²) in [4.78, 5) is 14.6. The molecule has 3 fully saturated rings. The van der Waals surface area contributed by atoms with Crippen molar-refractivity contribution in [3.8, 4) is 5.75 Å². The van der Waals surface area contributed by atoms with Gasteiger partial charge in [0.05, 0.1) is 10.7 Å². The second-order valence-corrected chi connectivity index (χ2v) is 9.89. The molecule has 6 nitrogen and oxygen atoms in total. The number of halogens is 3. The molecular formula is C18H21F3N2O4S. The van der Waals surface area contributed by atoms with Crippen LogP contribution in [0.3, 0.4) is 0 Å². The van der Waals surface area contributed by atoms with Crippen molar-refractivity contribution in [3.63, 3.8) is 0 Å². The lowest BCUT2D eigenvalue weighted by Gasteiger charge is -2.37. The van der Waals surface area contributed by atoms with E-state index in [1.807, 2.05) is 0 Å². The fourth-order valence-electron chi connectivity index (χ4n) is 4.10. The van der Waals surface area contributed by atoms with Gasteiger partial charge in [0, 0.05) is 25.3 Å². The summed E-state index contributed by atoms with van der Waals surface area (Å²) in [7, 11) is -3.24. The SMILES string of the molecule is O=C1N(c2ccc(OC(F)(F)F)cc2)CCC12CCN(S(=O)(=O)C1CC1)CC2. The lowest BCUT2D eigenvalue weighted by atomic mass is 9.77. The Kier molecular flexibility index (Phi) is 4.61. The number of benzene rings is 1. The van der Waals surface area contributed by atoms with Crippen molar-refractivity contribution in [2.45, 2.75) is 43.7 Å². The maximum absolute atomic E-state index is 13.0. The number of carbonyl (C=O) groups excluding carboxylic acids is 1. The van der Waals surface area contributed by atoms with Gasteiger partial charge in [-0.1, -0.05) is 0 Å². The van der Waals surface area contributed by atoms with E-state index in [4.69, 9.17) is 0 Å². The summed E-state index contributed by atoms with van der Waals surface area (Å²) in [6.45, 7) is 1.15. The predicted molar refractivity (Wildman–Crippen MR) is 95.3 cm³/mol. The van der Waals surface area contributed by atoms with Crippen molar-refractivity contribution in [2.75, 3.05) is 24.5 Å². The minimum atomic E-state index is -4.76. The summed E-state index contributed by atoms with van der Waals surface area (Å²) in [5.41, 5.74) is -0.0686. The Bertz CT molecular complexity index is 858. The van der Waals surface area contributed by atoms with Crippen molar-refractivity contribution in [1.29, 1.82) is 0 Å². The van der Waals surface area contributed by atoms with E-state index in [1.54, 1.807) is 4.90 Å². The molecule has 1 amide bonds.